The molecule has 0 aliphatic rings. The van der Waals surface area contributed by atoms with Crippen LogP contribution in [-0.4, -0.2) is 25.7 Å². The van der Waals surface area contributed by atoms with Gasteiger partial charge in [0.25, 0.3) is 0 Å². The zero-order valence-corrected chi connectivity index (χ0v) is 18.4. The lowest BCUT2D eigenvalue weighted by Crippen LogP contribution is -2.27. The second-order valence-corrected chi connectivity index (χ2v) is 8.02. The molecule has 0 aliphatic carbocycles. The van der Waals surface area contributed by atoms with Gasteiger partial charge in [0.1, 0.15) is 12.2 Å². The number of aromatic nitrogens is 4. The average Bonchev–Trinajstić information content (AvgIpc) is 3.27. The van der Waals surface area contributed by atoms with Gasteiger partial charge in [0, 0.05) is 41.1 Å². The van der Waals surface area contributed by atoms with E-state index >= 15 is 0 Å². The summed E-state index contributed by atoms with van der Waals surface area (Å²) < 4.78 is 1.66. The molecule has 6 nitrogen and oxygen atoms in total. The number of rotatable bonds is 6. The number of amides is 1. The molecule has 5 aromatic rings. The fourth-order valence-corrected chi connectivity index (χ4v) is 3.85. The number of hydrogen-bond donors (Lipinski definition) is 1. The van der Waals surface area contributed by atoms with Crippen molar-refractivity contribution in [3.63, 3.8) is 0 Å². The van der Waals surface area contributed by atoms with E-state index in [4.69, 9.17) is 16.7 Å². The van der Waals surface area contributed by atoms with E-state index < -0.39 is 0 Å². The molecule has 2 aromatic carbocycles. The van der Waals surface area contributed by atoms with Gasteiger partial charge >= 0.3 is 0 Å². The van der Waals surface area contributed by atoms with Gasteiger partial charge in [-0.25, -0.2) is 0 Å². The molecule has 0 spiro atoms. The number of nitrogens with zero attached hydrogens (tertiary/aromatic N) is 4. The molecule has 7 heteroatoms. The normalized spacial score (nSPS) is 10.9. The standard InChI is InChI=1S/C26H20ClN5O/c27-19-10-8-18(9-11-19)15-30-25(33)17-32-16-22(26(31-32)24-7-3-4-13-28-24)20-12-14-29-23-6-2-1-5-21(20)23/h1-14,16H,15,17H2,(H,30,33). The van der Waals surface area contributed by atoms with Crippen molar-refractivity contribution < 1.29 is 4.79 Å². The zero-order valence-electron chi connectivity index (χ0n) is 17.6. The Morgan fingerprint density at radius 3 is 2.52 bits per heavy atom. The summed E-state index contributed by atoms with van der Waals surface area (Å²) >= 11 is 5.93. The molecule has 5 rings (SSSR count). The molecule has 0 radical (unpaired) electrons. The Labute approximate surface area is 195 Å². The first-order valence-electron chi connectivity index (χ1n) is 10.5. The van der Waals surface area contributed by atoms with Crippen molar-refractivity contribution in [3.8, 4) is 22.5 Å². The summed E-state index contributed by atoms with van der Waals surface area (Å²) in [5, 5.41) is 9.35. The van der Waals surface area contributed by atoms with Gasteiger partial charge in [-0.15, -0.1) is 0 Å². The summed E-state index contributed by atoms with van der Waals surface area (Å²) in [7, 11) is 0. The molecule has 0 saturated carbocycles. The maximum absolute atomic E-state index is 12.6. The summed E-state index contributed by atoms with van der Waals surface area (Å²) in [6.07, 6.45) is 5.42. The van der Waals surface area contributed by atoms with Gasteiger partial charge in [0.2, 0.25) is 5.91 Å². The van der Waals surface area contributed by atoms with Crippen LogP contribution in [0, 0.1) is 0 Å². The topological polar surface area (TPSA) is 72.7 Å². The third-order valence-electron chi connectivity index (χ3n) is 5.32. The maximum Gasteiger partial charge on any atom is 0.241 e. The SMILES string of the molecule is O=C(Cn1cc(-c2ccnc3ccccc23)c(-c2ccccn2)n1)NCc1ccc(Cl)cc1. The number of para-hydroxylation sites is 1. The lowest BCUT2D eigenvalue weighted by Gasteiger charge is -2.06. The number of carbonyl (C=O) groups excluding carboxylic acids is 1. The summed E-state index contributed by atoms with van der Waals surface area (Å²) in [6, 6.07) is 23.0. The summed E-state index contributed by atoms with van der Waals surface area (Å²) in [4.78, 5) is 21.6. The van der Waals surface area contributed by atoms with Crippen LogP contribution in [0.15, 0.2) is 91.4 Å². The van der Waals surface area contributed by atoms with Crippen molar-refractivity contribution in [1.82, 2.24) is 25.1 Å². The summed E-state index contributed by atoms with van der Waals surface area (Å²) in [6.45, 7) is 0.517. The minimum Gasteiger partial charge on any atom is -0.350 e. The first-order valence-corrected chi connectivity index (χ1v) is 10.9. The second kappa shape index (κ2) is 9.22. The van der Waals surface area contributed by atoms with Crippen molar-refractivity contribution in [3.05, 3.63) is 102 Å². The first-order chi connectivity index (χ1) is 16.2. The van der Waals surface area contributed by atoms with E-state index in [1.165, 1.54) is 0 Å². The second-order valence-electron chi connectivity index (χ2n) is 7.58. The maximum atomic E-state index is 12.6. The molecule has 1 N–H and O–H groups in total. The number of benzene rings is 2. The number of nitrogens with one attached hydrogen (secondary N) is 1. The molecular formula is C26H20ClN5O. The van der Waals surface area contributed by atoms with E-state index in [0.717, 1.165) is 39.0 Å². The monoisotopic (exact) mass is 453 g/mol. The third kappa shape index (κ3) is 4.61. The summed E-state index contributed by atoms with van der Waals surface area (Å²) in [5.41, 5.74) is 5.24. The van der Waals surface area contributed by atoms with Crippen LogP contribution in [0.4, 0.5) is 0 Å². The van der Waals surface area contributed by atoms with E-state index in [-0.39, 0.29) is 12.5 Å². The fraction of sp³-hybridized carbons (Fsp3) is 0.0769. The van der Waals surface area contributed by atoms with E-state index in [2.05, 4.69) is 15.3 Å². The van der Waals surface area contributed by atoms with Crippen LogP contribution in [0.1, 0.15) is 5.56 Å². The molecule has 33 heavy (non-hydrogen) atoms. The number of fused-ring (bicyclic) bond motifs is 1. The number of halogens is 1. The van der Waals surface area contributed by atoms with Crippen molar-refractivity contribution in [2.24, 2.45) is 0 Å². The number of carbonyl (C=O) groups is 1. The van der Waals surface area contributed by atoms with E-state index in [1.54, 1.807) is 29.2 Å². The van der Waals surface area contributed by atoms with Crippen molar-refractivity contribution in [2.45, 2.75) is 13.1 Å². The highest BCUT2D eigenvalue weighted by atomic mass is 35.5. The number of hydrogen-bond acceptors (Lipinski definition) is 4. The highest BCUT2D eigenvalue weighted by Crippen LogP contribution is 2.34. The van der Waals surface area contributed by atoms with Crippen LogP contribution in [0.2, 0.25) is 5.02 Å². The Morgan fingerprint density at radius 1 is 0.879 bits per heavy atom. The van der Waals surface area contributed by atoms with E-state index in [9.17, 15) is 4.79 Å². The molecule has 1 amide bonds. The lowest BCUT2D eigenvalue weighted by molar-refractivity contribution is -0.122. The predicted molar refractivity (Wildman–Crippen MR) is 129 cm³/mol. The van der Waals surface area contributed by atoms with Gasteiger partial charge < -0.3 is 5.32 Å². The Kier molecular flexibility index (Phi) is 5.83. The van der Waals surface area contributed by atoms with E-state index in [1.807, 2.05) is 66.9 Å². The van der Waals surface area contributed by atoms with Gasteiger partial charge in [0.05, 0.1) is 11.2 Å². The molecular weight excluding hydrogens is 434 g/mol. The smallest absolute Gasteiger partial charge is 0.241 e. The average molecular weight is 454 g/mol. The van der Waals surface area contributed by atoms with Gasteiger partial charge in [0.15, 0.2) is 0 Å². The molecule has 0 unspecified atom stereocenters. The number of pyridine rings is 2. The zero-order chi connectivity index (χ0) is 22.6. The molecule has 162 valence electrons. The van der Waals surface area contributed by atoms with Gasteiger partial charge in [-0.2, -0.15) is 5.10 Å². The molecule has 3 aromatic heterocycles. The van der Waals surface area contributed by atoms with E-state index in [0.29, 0.717) is 11.6 Å². The van der Waals surface area contributed by atoms with Crippen molar-refractivity contribution in [2.75, 3.05) is 0 Å². The minimum absolute atomic E-state index is 0.0937. The molecule has 0 saturated heterocycles. The minimum atomic E-state index is -0.133. The van der Waals surface area contributed by atoms with Crippen LogP contribution >= 0.6 is 11.6 Å². The van der Waals surface area contributed by atoms with Gasteiger partial charge in [-0.3, -0.25) is 19.4 Å². The first kappa shape index (κ1) is 20.8. The van der Waals surface area contributed by atoms with Crippen LogP contribution in [0.25, 0.3) is 33.4 Å². The molecule has 0 aliphatic heterocycles. The van der Waals surface area contributed by atoms with Crippen molar-refractivity contribution >= 4 is 28.4 Å². The Morgan fingerprint density at radius 2 is 1.70 bits per heavy atom. The largest absolute Gasteiger partial charge is 0.350 e. The molecule has 3 heterocycles. The molecule has 0 bridgehead atoms. The fourth-order valence-electron chi connectivity index (χ4n) is 3.73. The van der Waals surface area contributed by atoms with Gasteiger partial charge in [-0.1, -0.05) is 48.0 Å². The summed E-state index contributed by atoms with van der Waals surface area (Å²) in [5.74, 6) is -0.133. The van der Waals surface area contributed by atoms with Crippen LogP contribution in [0.3, 0.4) is 0 Å². The molecule has 0 atom stereocenters. The Balaban J connectivity index is 1.46. The Bertz CT molecular complexity index is 1410. The highest BCUT2D eigenvalue weighted by molar-refractivity contribution is 6.30. The quantitative estimate of drug-likeness (QED) is 0.387. The van der Waals surface area contributed by atoms with Crippen molar-refractivity contribution in [1.29, 1.82) is 0 Å². The Hall–Kier alpha value is -4.03. The highest BCUT2D eigenvalue weighted by Gasteiger charge is 2.17. The van der Waals surface area contributed by atoms with Gasteiger partial charge in [-0.05, 0) is 47.5 Å². The molecule has 0 fully saturated rings. The van der Waals surface area contributed by atoms with Crippen LogP contribution in [-0.2, 0) is 17.9 Å². The van der Waals surface area contributed by atoms with Crippen LogP contribution < -0.4 is 5.32 Å². The third-order valence-corrected chi connectivity index (χ3v) is 5.57. The lowest BCUT2D eigenvalue weighted by atomic mass is 10.0. The predicted octanol–water partition coefficient (Wildman–Crippen LogP) is 5.13. The van der Waals surface area contributed by atoms with Crippen LogP contribution in [0.5, 0.6) is 0 Å².